The Morgan fingerprint density at radius 1 is 1.18 bits per heavy atom. The largest absolute Gasteiger partial charge is 0.338 e. The summed E-state index contributed by atoms with van der Waals surface area (Å²) in [5, 5.41) is 0. The minimum atomic E-state index is -0.688. The fourth-order valence-corrected chi connectivity index (χ4v) is 4.00. The summed E-state index contributed by atoms with van der Waals surface area (Å²) in [5.74, 6) is -0.133. The molecule has 2 saturated heterocycles. The average molecular weight is 304 g/mol. The third-order valence-electron chi connectivity index (χ3n) is 5.20. The number of nitrogens with zero attached hydrogens (tertiary/aromatic N) is 2. The maximum Gasteiger partial charge on any atom is 0.323 e. The molecular weight excluding hydrogens is 284 g/mol. The first kappa shape index (κ1) is 13.6. The van der Waals surface area contributed by atoms with Gasteiger partial charge in [0.1, 0.15) is 11.2 Å². The lowest BCUT2D eigenvalue weighted by molar-refractivity contribution is -0.146. The van der Waals surface area contributed by atoms with Gasteiger partial charge >= 0.3 is 5.69 Å². The van der Waals surface area contributed by atoms with Gasteiger partial charge in [-0.05, 0) is 38.5 Å². The molecule has 2 amide bonds. The number of H-pyrrole nitrogens is 2. The second-order valence-corrected chi connectivity index (χ2v) is 6.58. The summed E-state index contributed by atoms with van der Waals surface area (Å²) in [6.07, 6.45) is 6.80. The zero-order chi connectivity index (χ0) is 15.3. The zero-order valence-corrected chi connectivity index (χ0v) is 12.4. The Balaban J connectivity index is 1.65. The number of likely N-dealkylation sites (tertiary alicyclic amines) is 2. The van der Waals surface area contributed by atoms with Gasteiger partial charge in [-0.3, -0.25) is 9.59 Å². The summed E-state index contributed by atoms with van der Waals surface area (Å²) in [5.41, 5.74) is -0.847. The van der Waals surface area contributed by atoms with Gasteiger partial charge in [0.05, 0.1) is 0 Å². The average Bonchev–Trinajstić information content (AvgIpc) is 3.12. The molecule has 4 rings (SSSR count). The van der Waals surface area contributed by atoms with Crippen molar-refractivity contribution in [2.45, 2.75) is 50.1 Å². The second kappa shape index (κ2) is 4.72. The Bertz CT molecular complexity index is 674. The lowest BCUT2D eigenvalue weighted by atomic mass is 9.85. The van der Waals surface area contributed by atoms with Gasteiger partial charge in [-0.25, -0.2) is 4.79 Å². The molecular formula is C15H20N4O3. The third-order valence-corrected chi connectivity index (χ3v) is 5.20. The van der Waals surface area contributed by atoms with Gasteiger partial charge < -0.3 is 19.8 Å². The molecule has 3 heterocycles. The van der Waals surface area contributed by atoms with E-state index in [-0.39, 0.29) is 17.5 Å². The van der Waals surface area contributed by atoms with Crippen molar-refractivity contribution in [3.8, 4) is 0 Å². The first-order valence-electron chi connectivity index (χ1n) is 8.02. The summed E-state index contributed by atoms with van der Waals surface area (Å²) < 4.78 is 0. The van der Waals surface area contributed by atoms with Crippen LogP contribution in [0.1, 0.15) is 49.0 Å². The van der Waals surface area contributed by atoms with E-state index in [1.807, 2.05) is 4.90 Å². The Kier molecular flexibility index (Phi) is 2.92. The number of aromatic nitrogens is 2. The van der Waals surface area contributed by atoms with E-state index in [0.717, 1.165) is 45.1 Å². The van der Waals surface area contributed by atoms with Crippen molar-refractivity contribution >= 4 is 11.8 Å². The van der Waals surface area contributed by atoms with Crippen LogP contribution < -0.4 is 5.69 Å². The molecule has 3 fully saturated rings. The zero-order valence-electron chi connectivity index (χ0n) is 12.4. The summed E-state index contributed by atoms with van der Waals surface area (Å²) in [6.45, 7) is 1.39. The van der Waals surface area contributed by atoms with E-state index < -0.39 is 11.2 Å². The van der Waals surface area contributed by atoms with Crippen LogP contribution in [0.2, 0.25) is 0 Å². The number of amides is 2. The quantitative estimate of drug-likeness (QED) is 0.832. The van der Waals surface area contributed by atoms with Crippen LogP contribution in [0.5, 0.6) is 0 Å². The summed E-state index contributed by atoms with van der Waals surface area (Å²) in [6, 6.07) is 0.384. The first-order valence-corrected chi connectivity index (χ1v) is 8.02. The number of carbonyl (C=O) groups is 2. The predicted octanol–water partition coefficient (Wildman–Crippen LogP) is 0.463. The number of rotatable bonds is 2. The summed E-state index contributed by atoms with van der Waals surface area (Å²) >= 11 is 0. The van der Waals surface area contributed by atoms with Crippen molar-refractivity contribution in [1.82, 2.24) is 19.8 Å². The number of piperidine rings is 1. The number of nitrogens with one attached hydrogen (secondary N) is 2. The van der Waals surface area contributed by atoms with E-state index in [0.29, 0.717) is 12.6 Å². The predicted molar refractivity (Wildman–Crippen MR) is 78.4 cm³/mol. The van der Waals surface area contributed by atoms with E-state index in [1.165, 1.54) is 6.20 Å². The molecule has 118 valence electrons. The third kappa shape index (κ3) is 1.91. The smallest absolute Gasteiger partial charge is 0.323 e. The minimum absolute atomic E-state index is 0.116. The molecule has 0 bridgehead atoms. The lowest BCUT2D eigenvalue weighted by Crippen LogP contribution is -2.61. The van der Waals surface area contributed by atoms with Crippen LogP contribution in [-0.2, 0) is 4.79 Å². The molecule has 1 aromatic rings. The summed E-state index contributed by atoms with van der Waals surface area (Å²) in [7, 11) is 0. The molecule has 22 heavy (non-hydrogen) atoms. The van der Waals surface area contributed by atoms with Gasteiger partial charge in [0.15, 0.2) is 0 Å². The van der Waals surface area contributed by atoms with Crippen LogP contribution in [0.25, 0.3) is 0 Å². The van der Waals surface area contributed by atoms with Crippen molar-refractivity contribution < 1.29 is 9.59 Å². The molecule has 1 saturated carbocycles. The van der Waals surface area contributed by atoms with Crippen molar-refractivity contribution in [3.63, 3.8) is 0 Å². The van der Waals surface area contributed by atoms with Crippen LogP contribution >= 0.6 is 0 Å². The molecule has 1 unspecified atom stereocenters. The van der Waals surface area contributed by atoms with Gasteiger partial charge in [-0.2, -0.15) is 0 Å². The number of imidazole rings is 1. The lowest BCUT2D eigenvalue weighted by Gasteiger charge is -2.44. The van der Waals surface area contributed by atoms with E-state index >= 15 is 0 Å². The highest BCUT2D eigenvalue weighted by molar-refractivity contribution is 5.99. The molecule has 2 N–H and O–H groups in total. The number of carbonyl (C=O) groups excluding carboxylic acids is 2. The molecule has 1 spiro atoms. The van der Waals surface area contributed by atoms with Gasteiger partial charge in [-0.15, -0.1) is 0 Å². The topological polar surface area (TPSA) is 89.3 Å². The molecule has 7 heteroatoms. The molecule has 0 aromatic carbocycles. The molecule has 2 aliphatic heterocycles. The Morgan fingerprint density at radius 3 is 2.55 bits per heavy atom. The van der Waals surface area contributed by atoms with Crippen molar-refractivity contribution in [3.05, 3.63) is 22.4 Å². The molecule has 1 atom stereocenters. The fraction of sp³-hybridized carbons (Fsp3) is 0.667. The van der Waals surface area contributed by atoms with Crippen molar-refractivity contribution in [2.75, 3.05) is 13.1 Å². The fourth-order valence-electron chi connectivity index (χ4n) is 4.00. The molecule has 3 aliphatic rings. The molecule has 7 nitrogen and oxygen atoms in total. The van der Waals surface area contributed by atoms with Gasteiger partial charge in [-0.1, -0.05) is 0 Å². The van der Waals surface area contributed by atoms with Crippen LogP contribution in [0.4, 0.5) is 0 Å². The van der Waals surface area contributed by atoms with Gasteiger partial charge in [0.25, 0.3) is 5.91 Å². The first-order chi connectivity index (χ1) is 10.6. The van der Waals surface area contributed by atoms with Crippen LogP contribution in [0.15, 0.2) is 11.0 Å². The standard InChI is InChI=1S/C15H20N4O3/c20-12(11-9-16-14(22)17-11)19-8-2-6-15(19)5-1-7-18(13(15)21)10-3-4-10/h9-10H,1-8H2,(H2,16,17,22). The monoisotopic (exact) mass is 304 g/mol. The van der Waals surface area contributed by atoms with Crippen LogP contribution in [-0.4, -0.2) is 56.3 Å². The highest BCUT2D eigenvalue weighted by Crippen LogP contribution is 2.42. The Hall–Kier alpha value is -2.05. The SMILES string of the molecule is O=C(c1c[nH]c(=O)[nH]1)N1CCCC12CCCN(C1CC1)C2=O. The maximum atomic E-state index is 13.0. The molecule has 1 aromatic heterocycles. The second-order valence-electron chi connectivity index (χ2n) is 6.58. The van der Waals surface area contributed by atoms with E-state index in [4.69, 9.17) is 0 Å². The van der Waals surface area contributed by atoms with E-state index in [1.54, 1.807) is 4.90 Å². The summed E-state index contributed by atoms with van der Waals surface area (Å²) in [4.78, 5) is 45.7. The van der Waals surface area contributed by atoms with Crippen molar-refractivity contribution in [2.24, 2.45) is 0 Å². The number of aromatic amines is 2. The van der Waals surface area contributed by atoms with E-state index in [9.17, 15) is 14.4 Å². The van der Waals surface area contributed by atoms with Gasteiger partial charge in [0, 0.05) is 25.3 Å². The molecule has 1 aliphatic carbocycles. The van der Waals surface area contributed by atoms with Crippen LogP contribution in [0.3, 0.4) is 0 Å². The Morgan fingerprint density at radius 2 is 1.91 bits per heavy atom. The molecule has 0 radical (unpaired) electrons. The van der Waals surface area contributed by atoms with Crippen molar-refractivity contribution in [1.29, 1.82) is 0 Å². The highest BCUT2D eigenvalue weighted by Gasteiger charge is 2.54. The van der Waals surface area contributed by atoms with E-state index in [2.05, 4.69) is 9.97 Å². The van der Waals surface area contributed by atoms with Gasteiger partial charge in [0.2, 0.25) is 5.91 Å². The maximum absolute atomic E-state index is 13.0. The number of hydrogen-bond donors (Lipinski definition) is 2. The Labute approximate surface area is 127 Å². The highest BCUT2D eigenvalue weighted by atomic mass is 16.2. The minimum Gasteiger partial charge on any atom is -0.338 e. The normalized spacial score (nSPS) is 28.6. The number of hydrogen-bond acceptors (Lipinski definition) is 3. The van der Waals surface area contributed by atoms with Crippen LogP contribution in [0, 0.1) is 0 Å².